The standard InChI is InChI=1S/C14H13N3O2S2/c15-8-12-5-6-14(20-12)21(18,19)17-11-7-10-3-1-2-4-13(10)16-9-11/h1-7,9,17H,8,15H2. The Bertz CT molecular complexity index is 888. The lowest BCUT2D eigenvalue weighted by Crippen LogP contribution is -2.11. The van der Waals surface area contributed by atoms with Gasteiger partial charge in [-0.15, -0.1) is 11.3 Å². The maximum atomic E-state index is 12.3. The van der Waals surface area contributed by atoms with E-state index in [4.69, 9.17) is 5.73 Å². The van der Waals surface area contributed by atoms with Crippen LogP contribution in [0.25, 0.3) is 10.9 Å². The van der Waals surface area contributed by atoms with E-state index in [0.717, 1.165) is 15.8 Å². The van der Waals surface area contributed by atoms with Gasteiger partial charge in [0.05, 0.1) is 17.4 Å². The fraction of sp³-hybridized carbons (Fsp3) is 0.0714. The van der Waals surface area contributed by atoms with Gasteiger partial charge in [0.1, 0.15) is 4.21 Å². The monoisotopic (exact) mass is 319 g/mol. The molecule has 0 spiro atoms. The molecule has 5 nitrogen and oxygen atoms in total. The smallest absolute Gasteiger partial charge is 0.271 e. The van der Waals surface area contributed by atoms with E-state index in [9.17, 15) is 8.42 Å². The first-order chi connectivity index (χ1) is 10.1. The normalized spacial score (nSPS) is 11.7. The number of pyridine rings is 1. The average Bonchev–Trinajstić information content (AvgIpc) is 2.96. The summed E-state index contributed by atoms with van der Waals surface area (Å²) < 4.78 is 27.4. The Morgan fingerprint density at radius 3 is 2.76 bits per heavy atom. The topological polar surface area (TPSA) is 85.1 Å². The molecule has 1 aromatic carbocycles. The van der Waals surface area contributed by atoms with Crippen molar-refractivity contribution in [2.45, 2.75) is 10.8 Å². The summed E-state index contributed by atoms with van der Waals surface area (Å²) in [7, 11) is -3.60. The average molecular weight is 319 g/mol. The van der Waals surface area contributed by atoms with Crippen molar-refractivity contribution in [2.75, 3.05) is 4.72 Å². The summed E-state index contributed by atoms with van der Waals surface area (Å²) in [5.74, 6) is 0. The molecule has 0 aliphatic carbocycles. The number of nitrogens with zero attached hydrogens (tertiary/aromatic N) is 1. The summed E-state index contributed by atoms with van der Waals surface area (Å²) in [5, 5.41) is 0.881. The van der Waals surface area contributed by atoms with Gasteiger partial charge in [-0.1, -0.05) is 18.2 Å². The van der Waals surface area contributed by atoms with Crippen molar-refractivity contribution in [3.63, 3.8) is 0 Å². The fourth-order valence-electron chi connectivity index (χ4n) is 1.94. The lowest BCUT2D eigenvalue weighted by atomic mass is 10.2. The minimum Gasteiger partial charge on any atom is -0.326 e. The van der Waals surface area contributed by atoms with Gasteiger partial charge in [0.15, 0.2) is 0 Å². The van der Waals surface area contributed by atoms with Gasteiger partial charge in [-0.05, 0) is 24.3 Å². The summed E-state index contributed by atoms with van der Waals surface area (Å²) in [5.41, 5.74) is 6.77. The number of sulfonamides is 1. The zero-order valence-electron chi connectivity index (χ0n) is 11.0. The molecule has 0 amide bonds. The number of aromatic nitrogens is 1. The molecule has 0 bridgehead atoms. The fourth-order valence-corrected chi connectivity index (χ4v) is 4.21. The number of rotatable bonds is 4. The van der Waals surface area contributed by atoms with E-state index in [2.05, 4.69) is 9.71 Å². The molecular formula is C14H13N3O2S2. The first kappa shape index (κ1) is 14.0. The number of nitrogens with one attached hydrogen (secondary N) is 1. The van der Waals surface area contributed by atoms with Crippen molar-refractivity contribution in [1.82, 2.24) is 4.98 Å². The van der Waals surface area contributed by atoms with Crippen molar-refractivity contribution in [1.29, 1.82) is 0 Å². The van der Waals surface area contributed by atoms with Crippen LogP contribution in [0, 0.1) is 0 Å². The predicted octanol–water partition coefficient (Wildman–Crippen LogP) is 2.56. The molecule has 108 valence electrons. The zero-order chi connectivity index (χ0) is 14.9. The Kier molecular flexibility index (Phi) is 3.62. The molecule has 3 N–H and O–H groups in total. The summed E-state index contributed by atoms with van der Waals surface area (Å²) in [4.78, 5) is 5.06. The summed E-state index contributed by atoms with van der Waals surface area (Å²) in [6.07, 6.45) is 1.51. The molecule has 0 aliphatic heterocycles. The largest absolute Gasteiger partial charge is 0.326 e. The third kappa shape index (κ3) is 2.90. The third-order valence-electron chi connectivity index (χ3n) is 2.95. The van der Waals surface area contributed by atoms with Gasteiger partial charge in [-0.25, -0.2) is 8.42 Å². The molecule has 2 heterocycles. The second-order valence-electron chi connectivity index (χ2n) is 4.45. The van der Waals surface area contributed by atoms with E-state index in [0.29, 0.717) is 12.2 Å². The van der Waals surface area contributed by atoms with Crippen LogP contribution in [0.3, 0.4) is 0 Å². The maximum Gasteiger partial charge on any atom is 0.271 e. The Balaban J connectivity index is 1.93. The molecule has 0 saturated carbocycles. The van der Waals surface area contributed by atoms with Crippen molar-refractivity contribution >= 4 is 38.0 Å². The van der Waals surface area contributed by atoms with Crippen LogP contribution in [-0.2, 0) is 16.6 Å². The molecule has 0 unspecified atom stereocenters. The Hall–Kier alpha value is -1.96. The number of anilines is 1. The molecule has 2 aromatic heterocycles. The minimum absolute atomic E-state index is 0.246. The number of thiophene rings is 1. The van der Waals surface area contributed by atoms with Gasteiger partial charge in [-0.3, -0.25) is 9.71 Å². The Labute approximate surface area is 126 Å². The minimum atomic E-state index is -3.60. The first-order valence-electron chi connectivity index (χ1n) is 6.25. The molecule has 0 atom stereocenters. The highest BCUT2D eigenvalue weighted by molar-refractivity contribution is 7.94. The van der Waals surface area contributed by atoms with Crippen LogP contribution in [0.15, 0.2) is 52.9 Å². The highest BCUT2D eigenvalue weighted by Crippen LogP contribution is 2.24. The highest BCUT2D eigenvalue weighted by atomic mass is 32.2. The van der Waals surface area contributed by atoms with E-state index < -0.39 is 10.0 Å². The molecule has 0 aliphatic rings. The number of fused-ring (bicyclic) bond motifs is 1. The predicted molar refractivity (Wildman–Crippen MR) is 84.8 cm³/mol. The molecule has 0 saturated heterocycles. The van der Waals surface area contributed by atoms with Gasteiger partial charge in [-0.2, -0.15) is 0 Å². The van der Waals surface area contributed by atoms with Crippen LogP contribution in [0.5, 0.6) is 0 Å². The van der Waals surface area contributed by atoms with Crippen molar-refractivity contribution < 1.29 is 8.42 Å². The van der Waals surface area contributed by atoms with Gasteiger partial charge >= 0.3 is 0 Å². The first-order valence-corrected chi connectivity index (χ1v) is 8.55. The number of benzene rings is 1. The van der Waals surface area contributed by atoms with Gasteiger partial charge < -0.3 is 5.73 Å². The van der Waals surface area contributed by atoms with Crippen LogP contribution < -0.4 is 10.5 Å². The zero-order valence-corrected chi connectivity index (χ0v) is 12.6. The summed E-state index contributed by atoms with van der Waals surface area (Å²) >= 11 is 1.17. The van der Waals surface area contributed by atoms with Crippen LogP contribution in [0.4, 0.5) is 5.69 Å². The van der Waals surface area contributed by atoms with Crippen LogP contribution in [0.1, 0.15) is 4.88 Å². The third-order valence-corrected chi connectivity index (χ3v) is 5.93. The quantitative estimate of drug-likeness (QED) is 0.774. The van der Waals surface area contributed by atoms with E-state index in [1.807, 2.05) is 24.3 Å². The highest BCUT2D eigenvalue weighted by Gasteiger charge is 2.17. The molecule has 0 fully saturated rings. The molecular weight excluding hydrogens is 306 g/mol. The molecule has 3 rings (SSSR count). The van der Waals surface area contributed by atoms with Crippen molar-refractivity contribution in [3.8, 4) is 0 Å². The van der Waals surface area contributed by atoms with E-state index in [1.54, 1.807) is 18.2 Å². The van der Waals surface area contributed by atoms with Crippen LogP contribution in [-0.4, -0.2) is 13.4 Å². The second-order valence-corrected chi connectivity index (χ2v) is 7.52. The number of hydrogen-bond acceptors (Lipinski definition) is 5. The number of para-hydroxylation sites is 1. The second kappa shape index (κ2) is 5.44. The molecule has 21 heavy (non-hydrogen) atoms. The van der Waals surface area contributed by atoms with Crippen molar-refractivity contribution in [3.05, 3.63) is 53.5 Å². The molecule has 0 radical (unpaired) electrons. The van der Waals surface area contributed by atoms with Gasteiger partial charge in [0.2, 0.25) is 0 Å². The van der Waals surface area contributed by atoms with Crippen molar-refractivity contribution in [2.24, 2.45) is 5.73 Å². The maximum absolute atomic E-state index is 12.3. The van der Waals surface area contributed by atoms with Crippen LogP contribution in [0.2, 0.25) is 0 Å². The molecule has 3 aromatic rings. The number of hydrogen-bond donors (Lipinski definition) is 2. The van der Waals surface area contributed by atoms with E-state index >= 15 is 0 Å². The van der Waals surface area contributed by atoms with Gasteiger partial charge in [0.25, 0.3) is 10.0 Å². The summed E-state index contributed by atoms with van der Waals surface area (Å²) in [6.45, 7) is 0.331. The van der Waals surface area contributed by atoms with Crippen LogP contribution >= 0.6 is 11.3 Å². The van der Waals surface area contributed by atoms with E-state index in [-0.39, 0.29) is 4.21 Å². The van der Waals surface area contributed by atoms with Gasteiger partial charge in [0, 0.05) is 16.8 Å². The van der Waals surface area contributed by atoms with E-state index in [1.165, 1.54) is 17.5 Å². The lowest BCUT2D eigenvalue weighted by molar-refractivity contribution is 0.603. The Morgan fingerprint density at radius 2 is 2.00 bits per heavy atom. The SMILES string of the molecule is NCc1ccc(S(=O)(=O)Nc2cnc3ccccc3c2)s1. The molecule has 7 heteroatoms. The summed E-state index contributed by atoms with van der Waals surface area (Å²) in [6, 6.07) is 12.6. The number of nitrogens with two attached hydrogens (primary N) is 1. The Morgan fingerprint density at radius 1 is 1.19 bits per heavy atom. The lowest BCUT2D eigenvalue weighted by Gasteiger charge is -2.06.